The van der Waals surface area contributed by atoms with E-state index in [1.807, 2.05) is 6.07 Å². The maximum Gasteiger partial charge on any atom is 0.147 e. The molecule has 0 N–H and O–H groups in total. The zero-order valence-corrected chi connectivity index (χ0v) is 15.4. The second kappa shape index (κ2) is 10.8. The molecular weight excluding hydrogens is 312 g/mol. The molecule has 0 saturated heterocycles. The summed E-state index contributed by atoms with van der Waals surface area (Å²) in [5.74, 6) is 0. The molecule has 0 aromatic heterocycles. The molecule has 0 aliphatic carbocycles. The SMILES string of the molecule is CCC(/C=C(\c1ccccc1)c1ccc(C)cc1)OCOCCOC. The largest absolute Gasteiger partial charge is 0.382 e. The van der Waals surface area contributed by atoms with Gasteiger partial charge >= 0.3 is 0 Å². The highest BCUT2D eigenvalue weighted by molar-refractivity contribution is 5.80. The Hall–Kier alpha value is -1.94. The van der Waals surface area contributed by atoms with Gasteiger partial charge in [0.2, 0.25) is 0 Å². The topological polar surface area (TPSA) is 27.7 Å². The van der Waals surface area contributed by atoms with E-state index in [-0.39, 0.29) is 12.9 Å². The van der Waals surface area contributed by atoms with E-state index in [9.17, 15) is 0 Å². The van der Waals surface area contributed by atoms with E-state index in [1.165, 1.54) is 22.3 Å². The molecule has 2 aromatic rings. The zero-order valence-electron chi connectivity index (χ0n) is 15.4. The first-order valence-corrected chi connectivity index (χ1v) is 8.77. The highest BCUT2D eigenvalue weighted by Crippen LogP contribution is 2.25. The molecular formula is C22H28O3. The van der Waals surface area contributed by atoms with Crippen molar-refractivity contribution in [3.63, 3.8) is 0 Å². The van der Waals surface area contributed by atoms with Gasteiger partial charge in [-0.2, -0.15) is 0 Å². The van der Waals surface area contributed by atoms with Crippen LogP contribution in [0.15, 0.2) is 60.7 Å². The molecule has 0 heterocycles. The molecule has 0 aliphatic heterocycles. The predicted molar refractivity (Wildman–Crippen MR) is 103 cm³/mol. The van der Waals surface area contributed by atoms with Crippen LogP contribution in [-0.2, 0) is 14.2 Å². The third-order valence-corrected chi connectivity index (χ3v) is 4.00. The average Bonchev–Trinajstić information content (AvgIpc) is 2.66. The minimum Gasteiger partial charge on any atom is -0.382 e. The van der Waals surface area contributed by atoms with Crippen LogP contribution in [0.5, 0.6) is 0 Å². The van der Waals surface area contributed by atoms with Gasteiger partial charge in [0.15, 0.2) is 0 Å². The minimum atomic E-state index is -0.000876. The van der Waals surface area contributed by atoms with Crippen LogP contribution < -0.4 is 0 Å². The van der Waals surface area contributed by atoms with Gasteiger partial charge in [0.05, 0.1) is 19.3 Å². The number of rotatable bonds is 10. The summed E-state index contributed by atoms with van der Waals surface area (Å²) in [4.78, 5) is 0. The van der Waals surface area contributed by atoms with Gasteiger partial charge in [0.1, 0.15) is 6.79 Å². The Bertz CT molecular complexity index is 632. The maximum absolute atomic E-state index is 5.88. The van der Waals surface area contributed by atoms with E-state index in [0.717, 1.165) is 6.42 Å². The van der Waals surface area contributed by atoms with Gasteiger partial charge in [-0.05, 0) is 36.1 Å². The third kappa shape index (κ3) is 6.46. The van der Waals surface area contributed by atoms with Crippen molar-refractivity contribution in [2.75, 3.05) is 27.1 Å². The van der Waals surface area contributed by atoms with Crippen molar-refractivity contribution in [1.29, 1.82) is 0 Å². The number of aryl methyl sites for hydroxylation is 1. The van der Waals surface area contributed by atoms with E-state index in [1.54, 1.807) is 7.11 Å². The first kappa shape index (κ1) is 19.4. The van der Waals surface area contributed by atoms with Crippen molar-refractivity contribution in [2.45, 2.75) is 26.4 Å². The van der Waals surface area contributed by atoms with Crippen LogP contribution >= 0.6 is 0 Å². The summed E-state index contributed by atoms with van der Waals surface area (Å²) in [6.07, 6.45) is 3.08. The quantitative estimate of drug-likeness (QED) is 0.457. The lowest BCUT2D eigenvalue weighted by atomic mass is 9.95. The van der Waals surface area contributed by atoms with E-state index in [0.29, 0.717) is 13.2 Å². The average molecular weight is 340 g/mol. The van der Waals surface area contributed by atoms with Crippen LogP contribution in [0.1, 0.15) is 30.0 Å². The third-order valence-electron chi connectivity index (χ3n) is 4.00. The van der Waals surface area contributed by atoms with Crippen molar-refractivity contribution >= 4 is 5.57 Å². The molecule has 1 unspecified atom stereocenters. The Kier molecular flexibility index (Phi) is 8.40. The Morgan fingerprint density at radius 2 is 1.64 bits per heavy atom. The van der Waals surface area contributed by atoms with E-state index >= 15 is 0 Å². The smallest absolute Gasteiger partial charge is 0.147 e. The molecule has 2 rings (SSSR count). The fourth-order valence-corrected chi connectivity index (χ4v) is 2.52. The molecule has 0 aliphatic rings. The predicted octanol–water partition coefficient (Wildman–Crippen LogP) is 4.84. The van der Waals surface area contributed by atoms with Crippen LogP contribution in [0.4, 0.5) is 0 Å². The Morgan fingerprint density at radius 1 is 0.960 bits per heavy atom. The van der Waals surface area contributed by atoms with Crippen LogP contribution in [0.25, 0.3) is 5.57 Å². The first-order valence-electron chi connectivity index (χ1n) is 8.77. The van der Waals surface area contributed by atoms with Gasteiger partial charge in [-0.1, -0.05) is 67.1 Å². The van der Waals surface area contributed by atoms with Crippen molar-refractivity contribution in [1.82, 2.24) is 0 Å². The standard InChI is InChI=1S/C22H28O3/c1-4-21(25-17-24-15-14-23-3)16-22(19-8-6-5-7-9-19)20-12-10-18(2)11-13-20/h5-13,16,21H,4,14-15,17H2,1-3H3/b22-16+. The molecule has 0 amide bonds. The summed E-state index contributed by atoms with van der Waals surface area (Å²) in [5.41, 5.74) is 4.82. The van der Waals surface area contributed by atoms with Crippen LogP contribution in [0.3, 0.4) is 0 Å². The number of ether oxygens (including phenoxy) is 3. The van der Waals surface area contributed by atoms with E-state index in [4.69, 9.17) is 14.2 Å². The maximum atomic E-state index is 5.88. The second-order valence-electron chi connectivity index (χ2n) is 5.94. The number of benzene rings is 2. The molecule has 3 heteroatoms. The van der Waals surface area contributed by atoms with Crippen molar-refractivity contribution in [2.24, 2.45) is 0 Å². The Morgan fingerprint density at radius 3 is 2.28 bits per heavy atom. The summed E-state index contributed by atoms with van der Waals surface area (Å²) < 4.78 is 16.3. The van der Waals surface area contributed by atoms with Gasteiger partial charge < -0.3 is 14.2 Å². The highest BCUT2D eigenvalue weighted by atomic mass is 16.7. The van der Waals surface area contributed by atoms with E-state index < -0.39 is 0 Å². The molecule has 1 atom stereocenters. The Balaban J connectivity index is 2.18. The fraction of sp³-hybridized carbons (Fsp3) is 0.364. The minimum absolute atomic E-state index is 0.000876. The summed E-state index contributed by atoms with van der Waals surface area (Å²) in [5, 5.41) is 0. The van der Waals surface area contributed by atoms with Gasteiger partial charge in [-0.25, -0.2) is 0 Å². The molecule has 134 valence electrons. The summed E-state index contributed by atoms with van der Waals surface area (Å²) in [6.45, 7) is 5.61. The van der Waals surface area contributed by atoms with E-state index in [2.05, 4.69) is 68.5 Å². The number of methoxy groups -OCH3 is 1. The Labute approximate surface area is 151 Å². The van der Waals surface area contributed by atoms with Crippen molar-refractivity contribution in [3.05, 3.63) is 77.4 Å². The van der Waals surface area contributed by atoms with Gasteiger partial charge in [-0.3, -0.25) is 0 Å². The number of hydrogen-bond donors (Lipinski definition) is 0. The summed E-state index contributed by atoms with van der Waals surface area (Å²) in [7, 11) is 1.66. The van der Waals surface area contributed by atoms with Crippen LogP contribution in [-0.4, -0.2) is 33.2 Å². The first-order chi connectivity index (χ1) is 12.2. The molecule has 3 nitrogen and oxygen atoms in total. The summed E-state index contributed by atoms with van der Waals surface area (Å²) >= 11 is 0. The highest BCUT2D eigenvalue weighted by Gasteiger charge is 2.10. The lowest BCUT2D eigenvalue weighted by molar-refractivity contribution is -0.0851. The normalized spacial score (nSPS) is 13.0. The van der Waals surface area contributed by atoms with Crippen LogP contribution in [0.2, 0.25) is 0 Å². The fourth-order valence-electron chi connectivity index (χ4n) is 2.52. The monoisotopic (exact) mass is 340 g/mol. The lowest BCUT2D eigenvalue weighted by Gasteiger charge is -2.16. The molecule has 0 bridgehead atoms. The van der Waals surface area contributed by atoms with Gasteiger partial charge in [-0.15, -0.1) is 0 Å². The molecule has 0 saturated carbocycles. The molecule has 0 fully saturated rings. The zero-order chi connectivity index (χ0) is 17.9. The van der Waals surface area contributed by atoms with Crippen molar-refractivity contribution < 1.29 is 14.2 Å². The molecule has 25 heavy (non-hydrogen) atoms. The number of hydrogen-bond acceptors (Lipinski definition) is 3. The lowest BCUT2D eigenvalue weighted by Crippen LogP contribution is -2.14. The molecule has 2 aromatic carbocycles. The second-order valence-corrected chi connectivity index (χ2v) is 5.94. The van der Waals surface area contributed by atoms with Crippen molar-refractivity contribution in [3.8, 4) is 0 Å². The van der Waals surface area contributed by atoms with Crippen LogP contribution in [0, 0.1) is 6.92 Å². The molecule has 0 radical (unpaired) electrons. The molecule has 0 spiro atoms. The van der Waals surface area contributed by atoms with Gasteiger partial charge in [0, 0.05) is 7.11 Å². The van der Waals surface area contributed by atoms with Gasteiger partial charge in [0.25, 0.3) is 0 Å². The summed E-state index contributed by atoms with van der Waals surface area (Å²) in [6, 6.07) is 19.0.